The third-order valence-corrected chi connectivity index (χ3v) is 2.42. The average molecular weight is 320 g/mol. The van der Waals surface area contributed by atoms with Crippen LogP contribution in [-0.4, -0.2) is 40.8 Å². The number of anilines is 1. The van der Waals surface area contributed by atoms with E-state index >= 15 is 0 Å². The van der Waals surface area contributed by atoms with Crippen molar-refractivity contribution in [3.8, 4) is 11.8 Å². The minimum Gasteiger partial charge on any atom is -0.467 e. The van der Waals surface area contributed by atoms with Crippen molar-refractivity contribution in [2.75, 3.05) is 12.8 Å². The lowest BCUT2D eigenvalue weighted by Gasteiger charge is -2.21. The summed E-state index contributed by atoms with van der Waals surface area (Å²) in [4.78, 5) is 31.3. The molecule has 1 aromatic rings. The number of nitrogens with zero attached hydrogens (tertiary/aromatic N) is 2. The summed E-state index contributed by atoms with van der Waals surface area (Å²) in [6.45, 7) is 5.16. The van der Waals surface area contributed by atoms with Crippen molar-refractivity contribution in [2.45, 2.75) is 38.8 Å². The highest BCUT2D eigenvalue weighted by atomic mass is 16.6. The number of nitrogens with one attached hydrogen (secondary N) is 1. The van der Waals surface area contributed by atoms with Gasteiger partial charge in [-0.3, -0.25) is 0 Å². The Balaban J connectivity index is 2.75. The van der Waals surface area contributed by atoms with Crippen molar-refractivity contribution in [1.82, 2.24) is 15.3 Å². The molecule has 0 spiro atoms. The maximum Gasteiger partial charge on any atom is 0.408 e. The lowest BCUT2D eigenvalue weighted by molar-refractivity contribution is -0.143. The van der Waals surface area contributed by atoms with Crippen LogP contribution in [0, 0.1) is 11.8 Å². The summed E-state index contributed by atoms with van der Waals surface area (Å²) in [5.41, 5.74) is 5.24. The van der Waals surface area contributed by atoms with Crippen LogP contribution in [-0.2, 0) is 14.3 Å². The summed E-state index contributed by atoms with van der Waals surface area (Å²) < 4.78 is 9.74. The van der Waals surface area contributed by atoms with Crippen LogP contribution in [0.15, 0.2) is 12.4 Å². The van der Waals surface area contributed by atoms with Gasteiger partial charge in [-0.1, -0.05) is 5.92 Å². The summed E-state index contributed by atoms with van der Waals surface area (Å²) >= 11 is 0. The molecular weight excluding hydrogens is 300 g/mol. The van der Waals surface area contributed by atoms with Gasteiger partial charge >= 0.3 is 12.1 Å². The molecule has 0 aromatic carbocycles. The van der Waals surface area contributed by atoms with E-state index in [1.54, 1.807) is 20.8 Å². The van der Waals surface area contributed by atoms with Crippen molar-refractivity contribution >= 4 is 17.9 Å². The normalized spacial score (nSPS) is 11.7. The van der Waals surface area contributed by atoms with E-state index in [2.05, 4.69) is 31.9 Å². The SMILES string of the molecule is COC(=O)[C@H](CC#Cc1nccnc1N)NC(=O)OC(C)(C)C. The zero-order valence-electron chi connectivity index (χ0n) is 13.5. The fourth-order valence-electron chi connectivity index (χ4n) is 1.47. The first-order valence-corrected chi connectivity index (χ1v) is 6.85. The number of carbonyl (C=O) groups is 2. The summed E-state index contributed by atoms with van der Waals surface area (Å²) in [5.74, 6) is 4.98. The van der Waals surface area contributed by atoms with Gasteiger partial charge in [0.2, 0.25) is 0 Å². The summed E-state index contributed by atoms with van der Waals surface area (Å²) in [6.07, 6.45) is 2.19. The number of amides is 1. The molecule has 3 N–H and O–H groups in total. The quantitative estimate of drug-likeness (QED) is 0.627. The molecule has 1 rings (SSSR count). The van der Waals surface area contributed by atoms with E-state index in [1.165, 1.54) is 19.5 Å². The van der Waals surface area contributed by atoms with Gasteiger partial charge in [0, 0.05) is 18.8 Å². The maximum absolute atomic E-state index is 11.7. The Morgan fingerprint density at radius 3 is 2.57 bits per heavy atom. The highest BCUT2D eigenvalue weighted by Crippen LogP contribution is 2.07. The number of aromatic nitrogens is 2. The first kappa shape index (κ1) is 18.2. The van der Waals surface area contributed by atoms with Crippen LogP contribution in [0.3, 0.4) is 0 Å². The topological polar surface area (TPSA) is 116 Å². The van der Waals surface area contributed by atoms with Crippen molar-refractivity contribution in [3.63, 3.8) is 0 Å². The number of methoxy groups -OCH3 is 1. The van der Waals surface area contributed by atoms with E-state index in [0.717, 1.165) is 0 Å². The van der Waals surface area contributed by atoms with Crippen LogP contribution in [0.25, 0.3) is 0 Å². The van der Waals surface area contributed by atoms with Crippen molar-refractivity contribution < 1.29 is 19.1 Å². The predicted molar refractivity (Wildman–Crippen MR) is 83.1 cm³/mol. The zero-order valence-corrected chi connectivity index (χ0v) is 13.5. The largest absolute Gasteiger partial charge is 0.467 e. The first-order chi connectivity index (χ1) is 10.7. The van der Waals surface area contributed by atoms with E-state index in [1.807, 2.05) is 0 Å². The molecular formula is C15H20N4O4. The molecule has 8 nitrogen and oxygen atoms in total. The summed E-state index contributed by atoms with van der Waals surface area (Å²) in [5, 5.41) is 2.42. The Bertz CT molecular complexity index is 628. The Kier molecular flexibility index (Phi) is 6.33. The Hall–Kier alpha value is -2.82. The van der Waals surface area contributed by atoms with Gasteiger partial charge in [-0.05, 0) is 26.7 Å². The van der Waals surface area contributed by atoms with E-state index < -0.39 is 23.7 Å². The van der Waals surface area contributed by atoms with E-state index in [-0.39, 0.29) is 12.2 Å². The molecule has 1 atom stereocenters. The number of ether oxygens (including phenoxy) is 2. The molecule has 0 bridgehead atoms. The third kappa shape index (κ3) is 6.65. The molecule has 0 fully saturated rings. The van der Waals surface area contributed by atoms with Crippen molar-refractivity contribution in [2.24, 2.45) is 0 Å². The first-order valence-electron chi connectivity index (χ1n) is 6.85. The van der Waals surface area contributed by atoms with Crippen LogP contribution >= 0.6 is 0 Å². The van der Waals surface area contributed by atoms with Crippen LogP contribution in [0.4, 0.5) is 10.6 Å². The highest BCUT2D eigenvalue weighted by Gasteiger charge is 2.24. The molecule has 1 heterocycles. The molecule has 0 saturated heterocycles. The number of nitrogens with two attached hydrogens (primary N) is 1. The molecule has 0 radical (unpaired) electrons. The van der Waals surface area contributed by atoms with Gasteiger partial charge in [-0.2, -0.15) is 0 Å². The van der Waals surface area contributed by atoms with Crippen molar-refractivity contribution in [3.05, 3.63) is 18.1 Å². The third-order valence-electron chi connectivity index (χ3n) is 2.42. The lowest BCUT2D eigenvalue weighted by atomic mass is 10.2. The molecule has 23 heavy (non-hydrogen) atoms. The Labute approximate surface area is 134 Å². The number of hydrogen-bond acceptors (Lipinski definition) is 7. The van der Waals surface area contributed by atoms with Crippen LogP contribution < -0.4 is 11.1 Å². The van der Waals surface area contributed by atoms with E-state index in [9.17, 15) is 9.59 Å². The molecule has 1 amide bonds. The molecule has 1 aromatic heterocycles. The van der Waals surface area contributed by atoms with Crippen LogP contribution in [0.1, 0.15) is 32.9 Å². The van der Waals surface area contributed by atoms with Crippen molar-refractivity contribution in [1.29, 1.82) is 0 Å². The second-order valence-corrected chi connectivity index (χ2v) is 5.52. The summed E-state index contributed by atoms with van der Waals surface area (Å²) in [7, 11) is 1.22. The van der Waals surface area contributed by atoms with Gasteiger partial charge in [0.25, 0.3) is 0 Å². The second-order valence-electron chi connectivity index (χ2n) is 5.52. The number of carbonyl (C=O) groups excluding carboxylic acids is 2. The Morgan fingerprint density at radius 1 is 1.35 bits per heavy atom. The lowest BCUT2D eigenvalue weighted by Crippen LogP contribution is -2.43. The van der Waals surface area contributed by atoms with Gasteiger partial charge in [-0.25, -0.2) is 19.6 Å². The Morgan fingerprint density at radius 2 is 2.00 bits per heavy atom. The number of rotatable bonds is 3. The average Bonchev–Trinajstić information content (AvgIpc) is 2.45. The maximum atomic E-state index is 11.7. The highest BCUT2D eigenvalue weighted by molar-refractivity contribution is 5.81. The number of alkyl carbamates (subject to hydrolysis) is 1. The molecule has 8 heteroatoms. The van der Waals surface area contributed by atoms with E-state index in [0.29, 0.717) is 5.69 Å². The fraction of sp³-hybridized carbons (Fsp3) is 0.467. The number of esters is 1. The molecule has 0 unspecified atom stereocenters. The molecule has 0 aliphatic rings. The van der Waals surface area contributed by atoms with Gasteiger partial charge in [0.15, 0.2) is 11.5 Å². The number of nitrogen functional groups attached to an aromatic ring is 1. The van der Waals surface area contributed by atoms with Crippen LogP contribution in [0.2, 0.25) is 0 Å². The molecule has 0 aliphatic heterocycles. The monoisotopic (exact) mass is 320 g/mol. The fourth-order valence-corrected chi connectivity index (χ4v) is 1.47. The van der Waals surface area contributed by atoms with Gasteiger partial charge in [0.05, 0.1) is 7.11 Å². The summed E-state index contributed by atoms with van der Waals surface area (Å²) in [6, 6.07) is -0.958. The number of hydrogen-bond donors (Lipinski definition) is 2. The molecule has 0 saturated carbocycles. The smallest absolute Gasteiger partial charge is 0.408 e. The van der Waals surface area contributed by atoms with Gasteiger partial charge in [0.1, 0.15) is 11.6 Å². The minimum absolute atomic E-state index is 0.0158. The van der Waals surface area contributed by atoms with Crippen LogP contribution in [0.5, 0.6) is 0 Å². The zero-order chi connectivity index (χ0) is 17.5. The minimum atomic E-state index is -0.958. The van der Waals surface area contributed by atoms with Gasteiger partial charge in [-0.15, -0.1) is 0 Å². The molecule has 0 aliphatic carbocycles. The molecule has 124 valence electrons. The van der Waals surface area contributed by atoms with E-state index in [4.69, 9.17) is 10.5 Å². The van der Waals surface area contributed by atoms with Gasteiger partial charge < -0.3 is 20.5 Å². The predicted octanol–water partition coefficient (Wildman–Crippen LogP) is 0.867. The second kappa shape index (κ2) is 7.98. The standard InChI is InChI=1S/C15H20N4O4/c1-15(2,3)23-14(21)19-11(13(20)22-4)7-5-6-10-12(16)18-9-8-17-10/h8-9,11H,7H2,1-4H3,(H2,16,18)(H,19,21)/t11-/m0/s1.